The molecule has 1 aliphatic carbocycles. The number of hydrogen-bond acceptors (Lipinski definition) is 8. The maximum Gasteiger partial charge on any atom is 0.413 e. The van der Waals surface area contributed by atoms with Crippen LogP contribution in [0.3, 0.4) is 0 Å². The van der Waals surface area contributed by atoms with Crippen molar-refractivity contribution in [2.24, 2.45) is 12.5 Å². The molecule has 0 aliphatic heterocycles. The van der Waals surface area contributed by atoms with Crippen LogP contribution in [0, 0.1) is 28.1 Å². The van der Waals surface area contributed by atoms with Gasteiger partial charge < -0.3 is 15.2 Å². The summed E-state index contributed by atoms with van der Waals surface area (Å²) in [4.78, 5) is 17.4. The second kappa shape index (κ2) is 10.9. The van der Waals surface area contributed by atoms with Crippen LogP contribution >= 0.6 is 0 Å². The molecule has 6 rings (SSSR count). The molecule has 234 valence electrons. The lowest BCUT2D eigenvalue weighted by molar-refractivity contribution is -0.182. The van der Waals surface area contributed by atoms with Crippen LogP contribution in [0.5, 0.6) is 0 Å². The van der Waals surface area contributed by atoms with Gasteiger partial charge in [-0.15, -0.1) is 5.10 Å². The molecular weight excluding hydrogens is 595 g/mol. The first kappa shape index (κ1) is 30.6. The van der Waals surface area contributed by atoms with Crippen LogP contribution in [0.4, 0.5) is 24.5 Å². The molecule has 3 aromatic heterocycles. The zero-order valence-corrected chi connectivity index (χ0v) is 25.6. The summed E-state index contributed by atoms with van der Waals surface area (Å²) in [5, 5.41) is 36.3. The van der Waals surface area contributed by atoms with E-state index in [4.69, 9.17) is 0 Å². The van der Waals surface area contributed by atoms with Crippen molar-refractivity contribution in [2.45, 2.75) is 51.4 Å². The Morgan fingerprint density at radius 2 is 1.78 bits per heavy atom. The molecule has 0 bridgehead atoms. The Kier molecular flexibility index (Phi) is 7.23. The number of nitrogens with zero attached hydrogens (tertiary/aromatic N) is 7. The molecule has 46 heavy (non-hydrogen) atoms. The first-order chi connectivity index (χ1) is 21.8. The van der Waals surface area contributed by atoms with Crippen LogP contribution in [0.1, 0.15) is 62.0 Å². The molecule has 13 heteroatoms. The Labute approximate surface area is 262 Å². The van der Waals surface area contributed by atoms with E-state index in [-0.39, 0.29) is 35.1 Å². The van der Waals surface area contributed by atoms with Gasteiger partial charge in [0.2, 0.25) is 0 Å². The van der Waals surface area contributed by atoms with Crippen molar-refractivity contribution in [1.29, 1.82) is 10.5 Å². The van der Waals surface area contributed by atoms with Gasteiger partial charge >= 0.3 is 6.18 Å². The lowest BCUT2D eigenvalue weighted by Crippen LogP contribution is -2.35. The number of benzene rings is 2. The molecule has 2 aromatic carbocycles. The smallest absolute Gasteiger partial charge is 0.383 e. The molecule has 0 saturated heterocycles. The highest BCUT2D eigenvalue weighted by molar-refractivity contribution is 5.99. The van der Waals surface area contributed by atoms with Crippen LogP contribution in [0.2, 0.25) is 0 Å². The van der Waals surface area contributed by atoms with E-state index in [0.717, 1.165) is 4.68 Å². The maximum atomic E-state index is 14.0. The monoisotopic (exact) mass is 625 g/mol. The van der Waals surface area contributed by atoms with Gasteiger partial charge in [-0.3, -0.25) is 9.78 Å². The van der Waals surface area contributed by atoms with Crippen molar-refractivity contribution in [3.63, 3.8) is 0 Å². The molecule has 5 aromatic rings. The highest BCUT2D eigenvalue weighted by atomic mass is 19.4. The van der Waals surface area contributed by atoms with Crippen LogP contribution in [-0.2, 0) is 12.6 Å². The lowest BCUT2D eigenvalue weighted by Gasteiger charge is -2.23. The van der Waals surface area contributed by atoms with Crippen LogP contribution in [0.15, 0.2) is 59.8 Å². The van der Waals surface area contributed by atoms with Gasteiger partial charge in [0, 0.05) is 42.4 Å². The summed E-state index contributed by atoms with van der Waals surface area (Å²) in [6, 6.07) is 13.7. The van der Waals surface area contributed by atoms with Gasteiger partial charge in [0.05, 0.1) is 34.6 Å². The standard InChI is InChI=1S/C33H30F3N9O/c1-31(2,3)18-40-28-20(15-38)16-39-27-19(14-37)12-21(13-25(27)28)41-29(23-6-5-7-24-22(23)8-11-44(4)30(24)46)26-17-45(43-42-26)32(9-10-32)33(34,35)36/h5-8,11-13,16-17,29,41H,9-10,18H2,1-4H3,(H,39,40)/t29-/m0/s1. The number of nitriles is 2. The average molecular weight is 626 g/mol. The Morgan fingerprint density at radius 1 is 1.04 bits per heavy atom. The second-order valence-corrected chi connectivity index (χ2v) is 12.8. The van der Waals surface area contributed by atoms with Crippen molar-refractivity contribution >= 4 is 33.1 Å². The number of rotatable bonds is 7. The summed E-state index contributed by atoms with van der Waals surface area (Å²) in [6.45, 7) is 6.66. The summed E-state index contributed by atoms with van der Waals surface area (Å²) in [7, 11) is 1.63. The molecule has 1 fully saturated rings. The Bertz CT molecular complexity index is 2140. The van der Waals surface area contributed by atoms with E-state index >= 15 is 0 Å². The van der Waals surface area contributed by atoms with E-state index in [2.05, 4.69) is 38.1 Å². The highest BCUT2D eigenvalue weighted by Crippen LogP contribution is 2.55. The highest BCUT2D eigenvalue weighted by Gasteiger charge is 2.66. The number of pyridine rings is 2. The van der Waals surface area contributed by atoms with E-state index < -0.39 is 17.8 Å². The van der Waals surface area contributed by atoms with Crippen LogP contribution in [-0.4, -0.2) is 37.3 Å². The lowest BCUT2D eigenvalue weighted by atomic mass is 9.96. The molecule has 0 unspecified atom stereocenters. The molecule has 0 radical (unpaired) electrons. The minimum absolute atomic E-state index is 0.101. The fraction of sp³-hybridized carbons (Fsp3) is 0.333. The largest absolute Gasteiger partial charge is 0.413 e. The number of anilines is 2. The number of alkyl halides is 3. The van der Waals surface area contributed by atoms with Gasteiger partial charge in [-0.05, 0) is 53.5 Å². The number of hydrogen-bond donors (Lipinski definition) is 2. The zero-order chi connectivity index (χ0) is 33.0. The van der Waals surface area contributed by atoms with Gasteiger partial charge in [0.25, 0.3) is 5.56 Å². The molecule has 0 amide bonds. The topological polar surface area (TPSA) is 137 Å². The summed E-state index contributed by atoms with van der Waals surface area (Å²) in [5.74, 6) is 0. The predicted octanol–water partition coefficient (Wildman–Crippen LogP) is 6.13. The molecule has 0 spiro atoms. The van der Waals surface area contributed by atoms with Crippen molar-refractivity contribution in [3.05, 3.63) is 87.7 Å². The summed E-state index contributed by atoms with van der Waals surface area (Å²) in [6.07, 6.45) is -0.373. The van der Waals surface area contributed by atoms with Gasteiger partial charge in [0.1, 0.15) is 17.8 Å². The maximum absolute atomic E-state index is 14.0. The minimum Gasteiger partial charge on any atom is -0.383 e. The first-order valence-corrected chi connectivity index (χ1v) is 14.6. The van der Waals surface area contributed by atoms with E-state index in [1.165, 1.54) is 17.0 Å². The van der Waals surface area contributed by atoms with E-state index in [9.17, 15) is 28.5 Å². The summed E-state index contributed by atoms with van der Waals surface area (Å²) >= 11 is 0. The average Bonchev–Trinajstić information content (AvgIpc) is 3.70. The van der Waals surface area contributed by atoms with Crippen LogP contribution < -0.4 is 16.2 Å². The zero-order valence-electron chi connectivity index (χ0n) is 25.6. The quantitative estimate of drug-likeness (QED) is 0.220. The number of aryl methyl sites for hydroxylation is 1. The van der Waals surface area contributed by atoms with Gasteiger partial charge in [0.15, 0.2) is 5.54 Å². The molecule has 1 atom stereocenters. The van der Waals surface area contributed by atoms with E-state index in [0.29, 0.717) is 50.7 Å². The normalized spacial score (nSPS) is 14.9. The first-order valence-electron chi connectivity index (χ1n) is 14.6. The third-order valence-corrected chi connectivity index (χ3v) is 8.28. The summed E-state index contributed by atoms with van der Waals surface area (Å²) < 4.78 is 44.4. The van der Waals surface area contributed by atoms with Gasteiger partial charge in [-0.1, -0.05) is 38.1 Å². The summed E-state index contributed by atoms with van der Waals surface area (Å²) in [5.41, 5.74) is 0.144. The predicted molar refractivity (Wildman–Crippen MR) is 167 cm³/mol. The van der Waals surface area contributed by atoms with Crippen molar-refractivity contribution in [3.8, 4) is 12.1 Å². The molecule has 10 nitrogen and oxygen atoms in total. The molecular formula is C33H30F3N9O. The van der Waals surface area contributed by atoms with Gasteiger partial charge in [-0.2, -0.15) is 23.7 Å². The Balaban J connectivity index is 1.54. The Hall–Kier alpha value is -5.43. The number of nitrogens with one attached hydrogen (secondary N) is 2. The fourth-order valence-corrected chi connectivity index (χ4v) is 5.61. The number of aromatic nitrogens is 5. The van der Waals surface area contributed by atoms with Crippen LogP contribution in [0.25, 0.3) is 21.7 Å². The molecule has 3 heterocycles. The fourth-order valence-electron chi connectivity index (χ4n) is 5.61. The van der Waals surface area contributed by atoms with Gasteiger partial charge in [-0.25, -0.2) is 4.68 Å². The number of halogens is 3. The Morgan fingerprint density at radius 3 is 2.43 bits per heavy atom. The third kappa shape index (κ3) is 5.28. The minimum atomic E-state index is -4.51. The van der Waals surface area contributed by atoms with E-state index in [1.807, 2.05) is 20.8 Å². The second-order valence-electron chi connectivity index (χ2n) is 12.8. The molecule has 2 N–H and O–H groups in total. The van der Waals surface area contributed by atoms with Crippen molar-refractivity contribution in [1.82, 2.24) is 24.5 Å². The molecule has 1 saturated carbocycles. The third-order valence-electron chi connectivity index (χ3n) is 8.28. The SMILES string of the molecule is Cn1ccc2c([C@H](Nc3cc(C#N)c4ncc(C#N)c(NCC(C)(C)C)c4c3)c3cn(C4(C(F)(F)F)CC4)nn3)cccc2c1=O. The van der Waals surface area contributed by atoms with Crippen molar-refractivity contribution in [2.75, 3.05) is 17.2 Å². The molecule has 1 aliphatic rings. The van der Waals surface area contributed by atoms with E-state index in [1.54, 1.807) is 49.6 Å². The van der Waals surface area contributed by atoms with Crippen molar-refractivity contribution < 1.29 is 13.2 Å². The number of fused-ring (bicyclic) bond motifs is 2.